The van der Waals surface area contributed by atoms with Gasteiger partial charge in [-0.05, 0) is 13.0 Å². The van der Waals surface area contributed by atoms with Gasteiger partial charge in [-0.25, -0.2) is 0 Å². The van der Waals surface area contributed by atoms with Gasteiger partial charge < -0.3 is 9.47 Å². The molecule has 1 rings (SSSR count). The fraction of sp³-hybridized carbons (Fsp3) is 0.500. The lowest BCUT2D eigenvalue weighted by atomic mass is 10.5. The van der Waals surface area contributed by atoms with Crippen LogP contribution in [-0.4, -0.2) is 19.3 Å². The molecule has 1 unspecified atom stereocenters. The number of rotatable bonds is 3. The van der Waals surface area contributed by atoms with E-state index in [1.54, 1.807) is 12.3 Å². The summed E-state index contributed by atoms with van der Waals surface area (Å²) in [5.41, 5.74) is 0. The predicted octanol–water partition coefficient (Wildman–Crippen LogP) is 0.750. The predicted molar refractivity (Wildman–Crippen MR) is 30.2 cm³/mol. The molecule has 0 aromatic rings. The highest BCUT2D eigenvalue weighted by Gasteiger charge is 2.21. The molecule has 1 heterocycles. The minimum absolute atomic E-state index is 0.353. The van der Waals surface area contributed by atoms with Crippen LogP contribution in [-0.2, 0) is 9.47 Å². The second-order valence-corrected chi connectivity index (χ2v) is 1.66. The number of epoxide rings is 1. The van der Waals surface area contributed by atoms with Gasteiger partial charge in [-0.1, -0.05) is 0 Å². The van der Waals surface area contributed by atoms with Crippen LogP contribution in [0.15, 0.2) is 12.3 Å². The molecule has 1 radical (unpaired) electrons. The molecule has 0 spiro atoms. The van der Waals surface area contributed by atoms with Crippen LogP contribution in [0.3, 0.4) is 0 Å². The van der Waals surface area contributed by atoms with Crippen LogP contribution in [0.5, 0.6) is 0 Å². The Balaban J connectivity index is 1.88. The molecule has 2 nitrogen and oxygen atoms in total. The topological polar surface area (TPSA) is 21.8 Å². The smallest absolute Gasteiger partial charge is 0.116 e. The summed E-state index contributed by atoms with van der Waals surface area (Å²) in [4.78, 5) is 0. The van der Waals surface area contributed by atoms with Crippen molar-refractivity contribution in [2.75, 3.05) is 13.2 Å². The van der Waals surface area contributed by atoms with Crippen LogP contribution in [0.2, 0.25) is 0 Å². The first-order valence-electron chi connectivity index (χ1n) is 2.61. The Bertz CT molecular complexity index is 84.5. The molecule has 1 saturated heterocycles. The molecule has 0 amide bonds. The Kier molecular flexibility index (Phi) is 1.92. The molecule has 1 aliphatic rings. The van der Waals surface area contributed by atoms with Crippen molar-refractivity contribution in [3.63, 3.8) is 0 Å². The minimum atomic E-state index is 0.353. The van der Waals surface area contributed by atoms with Crippen molar-refractivity contribution < 1.29 is 9.47 Å². The summed E-state index contributed by atoms with van der Waals surface area (Å²) in [5, 5.41) is 0. The van der Waals surface area contributed by atoms with E-state index in [0.29, 0.717) is 12.7 Å². The van der Waals surface area contributed by atoms with Crippen LogP contribution in [0.1, 0.15) is 0 Å². The van der Waals surface area contributed by atoms with E-state index in [1.807, 2.05) is 0 Å². The van der Waals surface area contributed by atoms with Gasteiger partial charge >= 0.3 is 0 Å². The average Bonchev–Trinajstić information content (AvgIpc) is 2.51. The van der Waals surface area contributed by atoms with Gasteiger partial charge in [-0.15, -0.1) is 0 Å². The first-order chi connectivity index (χ1) is 3.93. The van der Waals surface area contributed by atoms with Crippen molar-refractivity contribution in [3.05, 3.63) is 19.3 Å². The molecular weight excluding hydrogens is 104 g/mol. The third kappa shape index (κ3) is 1.98. The maximum atomic E-state index is 4.94. The van der Waals surface area contributed by atoms with E-state index >= 15 is 0 Å². The maximum Gasteiger partial charge on any atom is 0.116 e. The zero-order valence-electron chi connectivity index (χ0n) is 4.67. The molecule has 0 aliphatic carbocycles. The number of ether oxygens (including phenoxy) is 2. The monoisotopic (exact) mass is 113 g/mol. The SMILES string of the molecule is [CH2]C=COCC1CO1. The first kappa shape index (κ1) is 5.63. The largest absolute Gasteiger partial charge is 0.499 e. The van der Waals surface area contributed by atoms with Crippen LogP contribution in [0, 0.1) is 6.92 Å². The molecule has 0 saturated carbocycles. The van der Waals surface area contributed by atoms with Gasteiger partial charge in [-0.3, -0.25) is 0 Å². The van der Waals surface area contributed by atoms with Crippen LogP contribution in [0.4, 0.5) is 0 Å². The highest BCUT2D eigenvalue weighted by atomic mass is 16.6. The lowest BCUT2D eigenvalue weighted by Gasteiger charge is -1.91. The van der Waals surface area contributed by atoms with Gasteiger partial charge in [0.1, 0.15) is 12.7 Å². The number of hydrogen-bond acceptors (Lipinski definition) is 2. The second kappa shape index (κ2) is 2.72. The number of allylic oxidation sites excluding steroid dienone is 1. The summed E-state index contributed by atoms with van der Waals surface area (Å²) in [6.07, 6.45) is 3.54. The van der Waals surface area contributed by atoms with E-state index in [1.165, 1.54) is 0 Å². The summed E-state index contributed by atoms with van der Waals surface area (Å²) in [6.45, 7) is 4.98. The molecule has 2 heteroatoms. The van der Waals surface area contributed by atoms with Crippen LogP contribution >= 0.6 is 0 Å². The molecule has 1 aliphatic heterocycles. The Hall–Kier alpha value is -0.500. The van der Waals surface area contributed by atoms with Crippen LogP contribution < -0.4 is 0 Å². The molecule has 8 heavy (non-hydrogen) atoms. The van der Waals surface area contributed by atoms with E-state index < -0.39 is 0 Å². The zero-order chi connectivity index (χ0) is 5.82. The average molecular weight is 113 g/mol. The number of hydrogen-bond donors (Lipinski definition) is 0. The zero-order valence-corrected chi connectivity index (χ0v) is 4.67. The van der Waals surface area contributed by atoms with Crippen molar-refractivity contribution in [2.45, 2.75) is 6.10 Å². The summed E-state index contributed by atoms with van der Waals surface area (Å²) in [6, 6.07) is 0. The molecule has 0 aromatic heterocycles. The van der Waals surface area contributed by atoms with Gasteiger partial charge in [-0.2, -0.15) is 0 Å². The molecule has 0 N–H and O–H groups in total. The summed E-state index contributed by atoms with van der Waals surface area (Å²) < 4.78 is 9.81. The molecule has 1 fully saturated rings. The van der Waals surface area contributed by atoms with Gasteiger partial charge in [0.2, 0.25) is 0 Å². The Labute approximate surface area is 49.1 Å². The van der Waals surface area contributed by atoms with E-state index in [-0.39, 0.29) is 0 Å². The molecule has 0 bridgehead atoms. The highest BCUT2D eigenvalue weighted by molar-refractivity contribution is 4.77. The van der Waals surface area contributed by atoms with Gasteiger partial charge in [0.15, 0.2) is 0 Å². The summed E-state index contributed by atoms with van der Waals surface area (Å²) in [7, 11) is 0. The minimum Gasteiger partial charge on any atom is -0.499 e. The van der Waals surface area contributed by atoms with Gasteiger partial charge in [0.05, 0.1) is 12.9 Å². The van der Waals surface area contributed by atoms with E-state index in [0.717, 1.165) is 6.61 Å². The van der Waals surface area contributed by atoms with E-state index in [2.05, 4.69) is 6.92 Å². The lowest BCUT2D eigenvalue weighted by molar-refractivity contribution is 0.212. The Morgan fingerprint density at radius 1 is 1.88 bits per heavy atom. The van der Waals surface area contributed by atoms with Crippen molar-refractivity contribution in [2.24, 2.45) is 0 Å². The Morgan fingerprint density at radius 3 is 3.12 bits per heavy atom. The fourth-order valence-electron chi connectivity index (χ4n) is 0.395. The third-order valence-corrected chi connectivity index (χ3v) is 0.877. The fourth-order valence-corrected chi connectivity index (χ4v) is 0.395. The molecule has 0 aromatic carbocycles. The first-order valence-corrected chi connectivity index (χ1v) is 2.61. The molecular formula is C6H9O2. The third-order valence-electron chi connectivity index (χ3n) is 0.877. The quantitative estimate of drug-likeness (QED) is 0.398. The van der Waals surface area contributed by atoms with Crippen molar-refractivity contribution in [1.82, 2.24) is 0 Å². The molecule has 1 atom stereocenters. The highest BCUT2D eigenvalue weighted by Crippen LogP contribution is 2.08. The lowest BCUT2D eigenvalue weighted by Crippen LogP contribution is -1.94. The van der Waals surface area contributed by atoms with Crippen molar-refractivity contribution in [1.29, 1.82) is 0 Å². The second-order valence-electron chi connectivity index (χ2n) is 1.66. The summed E-state index contributed by atoms with van der Waals surface area (Å²) in [5.74, 6) is 0. The van der Waals surface area contributed by atoms with E-state index in [4.69, 9.17) is 9.47 Å². The van der Waals surface area contributed by atoms with Gasteiger partial charge in [0.25, 0.3) is 0 Å². The normalized spacial score (nSPS) is 26.4. The van der Waals surface area contributed by atoms with E-state index in [9.17, 15) is 0 Å². The molecule has 45 valence electrons. The van der Waals surface area contributed by atoms with Crippen molar-refractivity contribution in [3.8, 4) is 0 Å². The van der Waals surface area contributed by atoms with Crippen molar-refractivity contribution >= 4 is 0 Å². The van der Waals surface area contributed by atoms with Gasteiger partial charge in [0, 0.05) is 0 Å². The van der Waals surface area contributed by atoms with Crippen LogP contribution in [0.25, 0.3) is 0 Å². The summed E-state index contributed by atoms with van der Waals surface area (Å²) >= 11 is 0. The maximum absolute atomic E-state index is 4.94. The standard InChI is InChI=1S/C6H9O2/c1-2-3-7-4-6-5-8-6/h2-3,6H,1,4-5H2. The Morgan fingerprint density at radius 2 is 2.62 bits per heavy atom.